The largest absolute Gasteiger partial charge is 0.343 e. The maximum atomic E-state index is 13.8. The molecular weight excluding hydrogens is 374 g/mol. The summed E-state index contributed by atoms with van der Waals surface area (Å²) in [6.07, 6.45) is 9.52. The molecule has 5 nitrogen and oxygen atoms in total. The summed E-state index contributed by atoms with van der Waals surface area (Å²) in [6.45, 7) is 14.7. The van der Waals surface area contributed by atoms with Crippen LogP contribution in [0.15, 0.2) is 0 Å². The van der Waals surface area contributed by atoms with Crippen LogP contribution >= 0.6 is 0 Å². The first-order valence-electron chi connectivity index (χ1n) is 12.6. The van der Waals surface area contributed by atoms with E-state index >= 15 is 0 Å². The Balaban J connectivity index is 3.01. The molecule has 4 atom stereocenters. The van der Waals surface area contributed by atoms with Gasteiger partial charge in [0.15, 0.2) is 0 Å². The van der Waals surface area contributed by atoms with Crippen LogP contribution in [0.25, 0.3) is 0 Å². The molecular formula is C25H49N3O2. The molecule has 0 unspecified atom stereocenters. The first-order valence-corrected chi connectivity index (χ1v) is 12.6. The molecule has 0 bridgehead atoms. The lowest BCUT2D eigenvalue weighted by molar-refractivity contribution is -0.142. The van der Waals surface area contributed by atoms with Crippen molar-refractivity contribution < 1.29 is 9.59 Å². The Morgan fingerprint density at radius 1 is 1.03 bits per heavy atom. The standard InChI is InChI=1S/C25H49N3O2/c1-8-11-12-14-18-28(21(10-3)19(4)5)25(30)23(20(6)9-2)26-24(29)22-16-13-15-17-27(22)7/h19-23H,8-18H2,1-7H3,(H,26,29)/t20-,21+,22+,23-/m0/s1. The van der Waals surface area contributed by atoms with Crippen molar-refractivity contribution in [2.45, 2.75) is 117 Å². The SMILES string of the molecule is CCCCCCN(C(=O)[C@@H](NC(=O)[C@H]1CCCCN1C)[C@@H](C)CC)[C@H](CC)C(C)C. The topological polar surface area (TPSA) is 52.7 Å². The van der Waals surface area contributed by atoms with Crippen LogP contribution in [0.5, 0.6) is 0 Å². The average molecular weight is 424 g/mol. The van der Waals surface area contributed by atoms with Gasteiger partial charge in [0.1, 0.15) is 6.04 Å². The summed E-state index contributed by atoms with van der Waals surface area (Å²) in [4.78, 5) is 31.2. The van der Waals surface area contributed by atoms with Crippen LogP contribution in [0.1, 0.15) is 99.3 Å². The molecule has 30 heavy (non-hydrogen) atoms. The average Bonchev–Trinajstić information content (AvgIpc) is 2.73. The van der Waals surface area contributed by atoms with E-state index in [2.05, 4.69) is 56.7 Å². The van der Waals surface area contributed by atoms with E-state index in [0.717, 1.165) is 58.0 Å². The lowest BCUT2D eigenvalue weighted by Gasteiger charge is -2.39. The second kappa shape index (κ2) is 14.1. The molecule has 5 heteroatoms. The highest BCUT2D eigenvalue weighted by molar-refractivity contribution is 5.90. The molecule has 1 rings (SSSR count). The van der Waals surface area contributed by atoms with E-state index in [-0.39, 0.29) is 29.8 Å². The first kappa shape index (κ1) is 26.9. The second-order valence-electron chi connectivity index (χ2n) is 9.68. The zero-order valence-electron chi connectivity index (χ0n) is 20.9. The molecule has 0 aromatic carbocycles. The van der Waals surface area contributed by atoms with Crippen LogP contribution in [0, 0.1) is 11.8 Å². The van der Waals surface area contributed by atoms with E-state index in [1.165, 1.54) is 12.8 Å². The van der Waals surface area contributed by atoms with Gasteiger partial charge < -0.3 is 10.2 Å². The number of hydrogen-bond donors (Lipinski definition) is 1. The molecule has 1 aliphatic rings. The van der Waals surface area contributed by atoms with Crippen molar-refractivity contribution >= 4 is 11.8 Å². The number of hydrogen-bond acceptors (Lipinski definition) is 3. The minimum Gasteiger partial charge on any atom is -0.343 e. The van der Waals surface area contributed by atoms with E-state index in [0.29, 0.717) is 5.92 Å². The summed E-state index contributed by atoms with van der Waals surface area (Å²) in [5, 5.41) is 3.20. The number of nitrogens with one attached hydrogen (secondary N) is 1. The Bertz CT molecular complexity index is 509. The van der Waals surface area contributed by atoms with Gasteiger partial charge in [-0.05, 0) is 51.1 Å². The van der Waals surface area contributed by atoms with Crippen LogP contribution in [0.3, 0.4) is 0 Å². The molecule has 0 radical (unpaired) electrons. The number of unbranched alkanes of at least 4 members (excludes halogenated alkanes) is 3. The van der Waals surface area contributed by atoms with Gasteiger partial charge in [0, 0.05) is 12.6 Å². The molecule has 1 heterocycles. The number of likely N-dealkylation sites (N-methyl/N-ethyl adjacent to an activating group) is 1. The van der Waals surface area contributed by atoms with Gasteiger partial charge in [-0.15, -0.1) is 0 Å². The molecule has 0 spiro atoms. The van der Waals surface area contributed by atoms with E-state index in [4.69, 9.17) is 0 Å². The monoisotopic (exact) mass is 423 g/mol. The summed E-state index contributed by atoms with van der Waals surface area (Å²) in [5.41, 5.74) is 0. The van der Waals surface area contributed by atoms with Crippen molar-refractivity contribution in [1.29, 1.82) is 0 Å². The van der Waals surface area contributed by atoms with Gasteiger partial charge >= 0.3 is 0 Å². The van der Waals surface area contributed by atoms with Crippen molar-refractivity contribution in [3.63, 3.8) is 0 Å². The van der Waals surface area contributed by atoms with Gasteiger partial charge in [-0.1, -0.05) is 73.6 Å². The summed E-state index contributed by atoms with van der Waals surface area (Å²) >= 11 is 0. The Morgan fingerprint density at radius 3 is 2.27 bits per heavy atom. The summed E-state index contributed by atoms with van der Waals surface area (Å²) in [7, 11) is 2.02. The molecule has 0 saturated carbocycles. The van der Waals surface area contributed by atoms with Gasteiger partial charge in [-0.3, -0.25) is 14.5 Å². The van der Waals surface area contributed by atoms with Crippen molar-refractivity contribution in [2.24, 2.45) is 11.8 Å². The zero-order chi connectivity index (χ0) is 22.7. The lowest BCUT2D eigenvalue weighted by Crippen LogP contribution is -2.58. The summed E-state index contributed by atoms with van der Waals surface area (Å²) < 4.78 is 0. The highest BCUT2D eigenvalue weighted by atomic mass is 16.2. The second-order valence-corrected chi connectivity index (χ2v) is 9.68. The van der Waals surface area contributed by atoms with Crippen LogP contribution in [-0.2, 0) is 9.59 Å². The quantitative estimate of drug-likeness (QED) is 0.431. The van der Waals surface area contributed by atoms with Gasteiger partial charge in [-0.25, -0.2) is 0 Å². The molecule has 176 valence electrons. The molecule has 1 N–H and O–H groups in total. The van der Waals surface area contributed by atoms with E-state index < -0.39 is 6.04 Å². The normalized spacial score (nSPS) is 20.6. The molecule has 0 aromatic heterocycles. The Kier molecular flexibility index (Phi) is 12.6. The fourth-order valence-electron chi connectivity index (χ4n) is 4.72. The summed E-state index contributed by atoms with van der Waals surface area (Å²) in [5.74, 6) is 0.675. The minimum absolute atomic E-state index is 0.0272. The maximum Gasteiger partial charge on any atom is 0.245 e. The van der Waals surface area contributed by atoms with Crippen molar-refractivity contribution in [3.8, 4) is 0 Å². The Morgan fingerprint density at radius 2 is 1.73 bits per heavy atom. The van der Waals surface area contributed by atoms with E-state index in [1.807, 2.05) is 7.05 Å². The molecule has 1 aliphatic heterocycles. The number of piperidine rings is 1. The Labute approximate surface area is 186 Å². The number of nitrogens with zero attached hydrogens (tertiary/aromatic N) is 2. The van der Waals surface area contributed by atoms with E-state index in [1.54, 1.807) is 0 Å². The fourth-order valence-corrected chi connectivity index (χ4v) is 4.72. The third-order valence-electron chi connectivity index (χ3n) is 6.97. The number of carbonyl (C=O) groups excluding carboxylic acids is 2. The zero-order valence-corrected chi connectivity index (χ0v) is 20.9. The molecule has 0 aliphatic carbocycles. The maximum absolute atomic E-state index is 13.8. The van der Waals surface area contributed by atoms with Crippen molar-refractivity contribution in [3.05, 3.63) is 0 Å². The fraction of sp³-hybridized carbons (Fsp3) is 0.920. The number of amides is 2. The van der Waals surface area contributed by atoms with E-state index in [9.17, 15) is 9.59 Å². The number of likely N-dealkylation sites (tertiary alicyclic amines) is 1. The molecule has 0 aromatic rings. The van der Waals surface area contributed by atoms with Crippen molar-refractivity contribution in [2.75, 3.05) is 20.1 Å². The van der Waals surface area contributed by atoms with Gasteiger partial charge in [0.2, 0.25) is 11.8 Å². The number of carbonyl (C=O) groups is 2. The molecule has 1 fully saturated rings. The minimum atomic E-state index is -0.434. The summed E-state index contributed by atoms with van der Waals surface area (Å²) in [6, 6.07) is -0.320. The van der Waals surface area contributed by atoms with Crippen LogP contribution in [0.4, 0.5) is 0 Å². The highest BCUT2D eigenvalue weighted by Crippen LogP contribution is 2.21. The number of rotatable bonds is 13. The predicted octanol–water partition coefficient (Wildman–Crippen LogP) is 4.85. The van der Waals surface area contributed by atoms with Crippen molar-refractivity contribution in [1.82, 2.24) is 15.1 Å². The first-order chi connectivity index (χ1) is 14.3. The van der Waals surface area contributed by atoms with Gasteiger partial charge in [0.25, 0.3) is 0 Å². The Hall–Kier alpha value is -1.10. The van der Waals surface area contributed by atoms with Crippen LogP contribution in [0.2, 0.25) is 0 Å². The smallest absolute Gasteiger partial charge is 0.245 e. The van der Waals surface area contributed by atoms with Gasteiger partial charge in [0.05, 0.1) is 6.04 Å². The molecule has 2 amide bonds. The van der Waals surface area contributed by atoms with Gasteiger partial charge in [-0.2, -0.15) is 0 Å². The highest BCUT2D eigenvalue weighted by Gasteiger charge is 2.36. The third-order valence-corrected chi connectivity index (χ3v) is 6.97. The third kappa shape index (κ3) is 7.86. The van der Waals surface area contributed by atoms with Crippen LogP contribution in [-0.4, -0.2) is 59.9 Å². The van der Waals surface area contributed by atoms with Crippen LogP contribution < -0.4 is 5.32 Å². The predicted molar refractivity (Wildman–Crippen MR) is 126 cm³/mol. The lowest BCUT2D eigenvalue weighted by atomic mass is 9.93. The molecule has 1 saturated heterocycles.